The number of nitrogens with one attached hydrogen (secondary N) is 1. The first-order valence-corrected chi connectivity index (χ1v) is 5.91. The Kier molecular flexibility index (Phi) is 6.28. The van der Waals surface area contributed by atoms with E-state index in [9.17, 15) is 4.39 Å². The fourth-order valence-corrected chi connectivity index (χ4v) is 1.70. The topological polar surface area (TPSA) is 39.7 Å². The van der Waals surface area contributed by atoms with Crippen LogP contribution in [0, 0.1) is 0 Å². The van der Waals surface area contributed by atoms with Gasteiger partial charge in [0, 0.05) is 6.07 Å². The van der Waals surface area contributed by atoms with Gasteiger partial charge in [-0.3, -0.25) is 0 Å². The van der Waals surface area contributed by atoms with Crippen LogP contribution in [0.3, 0.4) is 0 Å². The average Bonchev–Trinajstić information content (AvgIpc) is 2.40. The van der Waals surface area contributed by atoms with Crippen molar-refractivity contribution in [2.45, 2.75) is 13.3 Å². The molecule has 0 unspecified atom stereocenters. The zero-order valence-corrected chi connectivity index (χ0v) is 11.1. The third-order valence-corrected chi connectivity index (χ3v) is 2.60. The van der Waals surface area contributed by atoms with Crippen LogP contribution in [-0.4, -0.2) is 34.2 Å². The van der Waals surface area contributed by atoms with E-state index in [1.165, 1.54) is 7.11 Å². The van der Waals surface area contributed by atoms with Gasteiger partial charge in [0.15, 0.2) is 11.5 Å². The van der Waals surface area contributed by atoms with Crippen molar-refractivity contribution in [3.63, 3.8) is 0 Å². The van der Waals surface area contributed by atoms with Crippen molar-refractivity contribution < 1.29 is 18.6 Å². The molecule has 0 spiro atoms. The number of alkyl halides is 1. The van der Waals surface area contributed by atoms with Crippen molar-refractivity contribution in [3.05, 3.63) is 17.7 Å². The van der Waals surface area contributed by atoms with E-state index in [0.29, 0.717) is 17.2 Å². The summed E-state index contributed by atoms with van der Waals surface area (Å²) in [5.41, 5.74) is 1.00. The third kappa shape index (κ3) is 3.77. The molecular formula is C13H20FNO3. The fraction of sp³-hybridized carbons (Fsp3) is 0.538. The molecule has 0 aliphatic rings. The Morgan fingerprint density at radius 3 is 2.39 bits per heavy atom. The predicted octanol–water partition coefficient (Wildman–Crippen LogP) is 2.16. The predicted molar refractivity (Wildman–Crippen MR) is 68.4 cm³/mol. The molecule has 18 heavy (non-hydrogen) atoms. The van der Waals surface area contributed by atoms with E-state index in [2.05, 4.69) is 12.2 Å². The highest BCUT2D eigenvalue weighted by atomic mass is 19.1. The van der Waals surface area contributed by atoms with E-state index in [0.717, 1.165) is 25.1 Å². The standard InChI is InChI=1S/C13H20FNO3/c1-4-15-6-5-10-7-12(17-3)13(18-9-14)8-11(10)16-2/h7-8,15H,4-6,9H2,1-3H3. The molecule has 0 aliphatic heterocycles. The maximum Gasteiger partial charge on any atom is 0.228 e. The molecule has 0 fully saturated rings. The number of hydrogen-bond donors (Lipinski definition) is 1. The second-order valence-corrected chi connectivity index (χ2v) is 3.67. The lowest BCUT2D eigenvalue weighted by Crippen LogP contribution is -2.16. The van der Waals surface area contributed by atoms with Crippen LogP contribution in [0.5, 0.6) is 17.2 Å². The van der Waals surface area contributed by atoms with Gasteiger partial charge in [0.1, 0.15) is 5.75 Å². The Hall–Kier alpha value is -1.49. The van der Waals surface area contributed by atoms with Crippen LogP contribution in [-0.2, 0) is 6.42 Å². The van der Waals surface area contributed by atoms with Crippen LogP contribution in [0.15, 0.2) is 12.1 Å². The highest BCUT2D eigenvalue weighted by Crippen LogP contribution is 2.35. The second kappa shape index (κ2) is 7.76. The quantitative estimate of drug-likeness (QED) is 0.724. The number of ether oxygens (including phenoxy) is 3. The number of hydrogen-bond acceptors (Lipinski definition) is 4. The summed E-state index contributed by atoms with van der Waals surface area (Å²) in [6.45, 7) is 2.92. The molecule has 0 amide bonds. The highest BCUT2D eigenvalue weighted by Gasteiger charge is 2.12. The highest BCUT2D eigenvalue weighted by molar-refractivity contribution is 5.50. The van der Waals surface area contributed by atoms with E-state index in [1.807, 2.05) is 6.07 Å². The lowest BCUT2D eigenvalue weighted by molar-refractivity contribution is 0.184. The SMILES string of the molecule is CCNCCc1cc(OC)c(OCF)cc1OC. The maximum absolute atomic E-state index is 12.3. The van der Waals surface area contributed by atoms with Gasteiger partial charge in [-0.1, -0.05) is 6.92 Å². The lowest BCUT2D eigenvalue weighted by Gasteiger charge is -2.14. The van der Waals surface area contributed by atoms with E-state index < -0.39 is 6.86 Å². The van der Waals surface area contributed by atoms with E-state index in [4.69, 9.17) is 14.2 Å². The second-order valence-electron chi connectivity index (χ2n) is 3.67. The summed E-state index contributed by atoms with van der Waals surface area (Å²) in [7, 11) is 3.11. The van der Waals surface area contributed by atoms with Crippen LogP contribution in [0.1, 0.15) is 12.5 Å². The molecule has 0 heterocycles. The van der Waals surface area contributed by atoms with Crippen molar-refractivity contribution in [2.24, 2.45) is 0 Å². The first-order valence-electron chi connectivity index (χ1n) is 5.91. The van der Waals surface area contributed by atoms with Gasteiger partial charge < -0.3 is 19.5 Å². The van der Waals surface area contributed by atoms with E-state index in [1.54, 1.807) is 13.2 Å². The number of benzene rings is 1. The molecule has 1 N–H and O–H groups in total. The number of methoxy groups -OCH3 is 2. The summed E-state index contributed by atoms with van der Waals surface area (Å²) in [6, 6.07) is 3.47. The Labute approximate surface area is 107 Å². The Bertz CT molecular complexity index is 371. The van der Waals surface area contributed by atoms with Gasteiger partial charge in [-0.15, -0.1) is 0 Å². The molecular weight excluding hydrogens is 237 g/mol. The molecule has 0 radical (unpaired) electrons. The number of rotatable bonds is 8. The Morgan fingerprint density at radius 1 is 1.11 bits per heavy atom. The van der Waals surface area contributed by atoms with Crippen LogP contribution >= 0.6 is 0 Å². The lowest BCUT2D eigenvalue weighted by atomic mass is 10.1. The smallest absolute Gasteiger partial charge is 0.228 e. The minimum absolute atomic E-state index is 0.351. The summed E-state index contributed by atoms with van der Waals surface area (Å²) in [5, 5.41) is 3.24. The van der Waals surface area contributed by atoms with Crippen molar-refractivity contribution >= 4 is 0 Å². The average molecular weight is 257 g/mol. The molecule has 0 aliphatic carbocycles. The van der Waals surface area contributed by atoms with Crippen molar-refractivity contribution in [2.75, 3.05) is 34.2 Å². The van der Waals surface area contributed by atoms with Crippen molar-refractivity contribution in [3.8, 4) is 17.2 Å². The molecule has 5 heteroatoms. The normalized spacial score (nSPS) is 10.2. The molecule has 0 aromatic heterocycles. The van der Waals surface area contributed by atoms with Crippen molar-refractivity contribution in [1.82, 2.24) is 5.32 Å². The molecule has 1 rings (SSSR count). The molecule has 0 saturated carbocycles. The first-order chi connectivity index (χ1) is 8.76. The number of likely N-dealkylation sites (N-methyl/N-ethyl adjacent to an activating group) is 1. The molecule has 1 aromatic carbocycles. The number of halogens is 1. The Balaban J connectivity index is 2.94. The molecule has 0 saturated heterocycles. The zero-order valence-electron chi connectivity index (χ0n) is 11.1. The first kappa shape index (κ1) is 14.6. The van der Waals surface area contributed by atoms with Crippen LogP contribution in [0.2, 0.25) is 0 Å². The van der Waals surface area contributed by atoms with Gasteiger partial charge in [-0.05, 0) is 31.1 Å². The Morgan fingerprint density at radius 2 is 1.83 bits per heavy atom. The summed E-state index contributed by atoms with van der Waals surface area (Å²) in [6.07, 6.45) is 0.809. The maximum atomic E-state index is 12.3. The van der Waals surface area contributed by atoms with Crippen LogP contribution in [0.4, 0.5) is 4.39 Å². The molecule has 0 bridgehead atoms. The van der Waals surface area contributed by atoms with Crippen LogP contribution < -0.4 is 19.5 Å². The van der Waals surface area contributed by atoms with Gasteiger partial charge in [0.25, 0.3) is 0 Å². The fourth-order valence-electron chi connectivity index (χ4n) is 1.70. The summed E-state index contributed by atoms with van der Waals surface area (Å²) >= 11 is 0. The van der Waals surface area contributed by atoms with Crippen LogP contribution in [0.25, 0.3) is 0 Å². The zero-order chi connectivity index (χ0) is 13.4. The largest absolute Gasteiger partial charge is 0.496 e. The summed E-state index contributed by atoms with van der Waals surface area (Å²) in [4.78, 5) is 0. The van der Waals surface area contributed by atoms with Gasteiger partial charge in [0.05, 0.1) is 14.2 Å². The van der Waals surface area contributed by atoms with Gasteiger partial charge >= 0.3 is 0 Å². The monoisotopic (exact) mass is 257 g/mol. The summed E-state index contributed by atoms with van der Waals surface area (Å²) < 4.78 is 27.6. The van der Waals surface area contributed by atoms with E-state index in [-0.39, 0.29) is 0 Å². The molecule has 4 nitrogen and oxygen atoms in total. The van der Waals surface area contributed by atoms with Gasteiger partial charge in [0.2, 0.25) is 6.86 Å². The molecule has 1 aromatic rings. The molecule has 102 valence electrons. The van der Waals surface area contributed by atoms with E-state index >= 15 is 0 Å². The van der Waals surface area contributed by atoms with Gasteiger partial charge in [-0.25, -0.2) is 4.39 Å². The summed E-state index contributed by atoms with van der Waals surface area (Å²) in [5.74, 6) is 1.54. The molecule has 0 atom stereocenters. The van der Waals surface area contributed by atoms with Crippen molar-refractivity contribution in [1.29, 1.82) is 0 Å². The minimum Gasteiger partial charge on any atom is -0.496 e. The third-order valence-electron chi connectivity index (χ3n) is 2.60. The minimum atomic E-state index is -0.893. The van der Waals surface area contributed by atoms with Gasteiger partial charge in [-0.2, -0.15) is 0 Å².